The van der Waals surface area contributed by atoms with Crippen LogP contribution in [0.3, 0.4) is 0 Å². The fourth-order valence-corrected chi connectivity index (χ4v) is 1.15. The lowest BCUT2D eigenvalue weighted by molar-refractivity contribution is -0.137. The maximum Gasteiger partial charge on any atom is 0.330 e. The third-order valence-corrected chi connectivity index (χ3v) is 2.24. The molecule has 0 aliphatic rings. The van der Waals surface area contributed by atoms with Crippen LogP contribution in [0.2, 0.25) is 0 Å². The Morgan fingerprint density at radius 1 is 1.20 bits per heavy atom. The zero-order valence-electron chi connectivity index (χ0n) is 10.3. The molecule has 2 nitrogen and oxygen atoms in total. The molecule has 0 radical (unpaired) electrons. The van der Waals surface area contributed by atoms with Crippen LogP contribution in [0.15, 0.2) is 23.3 Å². The van der Waals surface area contributed by atoms with Crippen molar-refractivity contribution >= 4 is 5.97 Å². The van der Waals surface area contributed by atoms with Crippen LogP contribution < -0.4 is 0 Å². The summed E-state index contributed by atoms with van der Waals surface area (Å²) in [5, 5.41) is 0. The van der Waals surface area contributed by atoms with Gasteiger partial charge in [-0.2, -0.15) is 0 Å². The van der Waals surface area contributed by atoms with E-state index >= 15 is 0 Å². The van der Waals surface area contributed by atoms with Gasteiger partial charge in [-0.3, -0.25) is 0 Å². The van der Waals surface area contributed by atoms with E-state index in [0.717, 1.165) is 24.8 Å². The van der Waals surface area contributed by atoms with Gasteiger partial charge in [-0.25, -0.2) is 4.79 Å². The van der Waals surface area contributed by atoms with Crippen LogP contribution in [0.25, 0.3) is 0 Å². The average molecular weight is 210 g/mol. The van der Waals surface area contributed by atoms with Crippen molar-refractivity contribution < 1.29 is 9.53 Å². The summed E-state index contributed by atoms with van der Waals surface area (Å²) in [4.78, 5) is 11.1. The normalized spacial score (nSPS) is 12.8. The summed E-state index contributed by atoms with van der Waals surface area (Å²) in [6.07, 6.45) is 6.83. The van der Waals surface area contributed by atoms with Crippen molar-refractivity contribution in [3.8, 4) is 0 Å². The van der Waals surface area contributed by atoms with E-state index < -0.39 is 0 Å². The number of rotatable bonds is 6. The van der Waals surface area contributed by atoms with Gasteiger partial charge in [0.05, 0.1) is 6.61 Å². The lowest BCUT2D eigenvalue weighted by atomic mass is 10.1. The first kappa shape index (κ1) is 13.9. The van der Waals surface area contributed by atoms with E-state index in [1.165, 1.54) is 5.57 Å². The molecule has 2 heteroatoms. The molecule has 0 saturated carbocycles. The molecule has 15 heavy (non-hydrogen) atoms. The highest BCUT2D eigenvalue weighted by atomic mass is 16.5. The molecule has 0 aliphatic carbocycles. The summed E-state index contributed by atoms with van der Waals surface area (Å²) >= 11 is 0. The van der Waals surface area contributed by atoms with Crippen LogP contribution in [0.4, 0.5) is 0 Å². The second-order valence-corrected chi connectivity index (χ2v) is 3.69. The van der Waals surface area contributed by atoms with Gasteiger partial charge in [0.1, 0.15) is 0 Å². The van der Waals surface area contributed by atoms with E-state index in [1.807, 2.05) is 13.8 Å². The van der Waals surface area contributed by atoms with Crippen LogP contribution in [0.5, 0.6) is 0 Å². The minimum Gasteiger partial charge on any atom is -0.463 e. The molecule has 0 atom stereocenters. The highest BCUT2D eigenvalue weighted by Crippen LogP contribution is 2.08. The number of hydrogen-bond acceptors (Lipinski definition) is 2. The van der Waals surface area contributed by atoms with Gasteiger partial charge in [0, 0.05) is 6.08 Å². The van der Waals surface area contributed by atoms with Gasteiger partial charge in [0.15, 0.2) is 0 Å². The summed E-state index contributed by atoms with van der Waals surface area (Å²) in [5.74, 6) is -0.230. The van der Waals surface area contributed by atoms with E-state index in [0.29, 0.717) is 6.61 Å². The maximum absolute atomic E-state index is 11.1. The van der Waals surface area contributed by atoms with Crippen molar-refractivity contribution in [1.82, 2.24) is 0 Å². The van der Waals surface area contributed by atoms with Crippen LogP contribution in [0, 0.1) is 0 Å². The fraction of sp³-hybridized carbons (Fsp3) is 0.615. The van der Waals surface area contributed by atoms with E-state index in [1.54, 1.807) is 6.08 Å². The SMILES string of the molecule is CCOC(=O)/C=C(\C)CC/C=C(\C)CC. The Morgan fingerprint density at radius 3 is 2.40 bits per heavy atom. The molecule has 0 aromatic rings. The lowest BCUT2D eigenvalue weighted by Gasteiger charge is -2.00. The fourth-order valence-electron chi connectivity index (χ4n) is 1.15. The first-order valence-electron chi connectivity index (χ1n) is 5.59. The van der Waals surface area contributed by atoms with E-state index in [4.69, 9.17) is 4.74 Å². The predicted octanol–water partition coefficient (Wildman–Crippen LogP) is 3.63. The molecule has 0 unspecified atom stereocenters. The molecule has 0 heterocycles. The summed E-state index contributed by atoms with van der Waals surface area (Å²) in [7, 11) is 0. The van der Waals surface area contributed by atoms with Crippen molar-refractivity contribution in [2.75, 3.05) is 6.61 Å². The summed E-state index contributed by atoms with van der Waals surface area (Å²) in [5.41, 5.74) is 2.48. The molecule has 0 aromatic heterocycles. The topological polar surface area (TPSA) is 26.3 Å². The third-order valence-electron chi connectivity index (χ3n) is 2.24. The number of allylic oxidation sites excluding steroid dienone is 3. The van der Waals surface area contributed by atoms with Crippen LogP contribution in [-0.4, -0.2) is 12.6 Å². The van der Waals surface area contributed by atoms with Gasteiger partial charge in [-0.1, -0.05) is 24.1 Å². The molecule has 86 valence electrons. The second-order valence-electron chi connectivity index (χ2n) is 3.69. The van der Waals surface area contributed by atoms with Crippen molar-refractivity contribution in [3.63, 3.8) is 0 Å². The molecule has 0 aromatic carbocycles. The second kappa shape index (κ2) is 8.27. The third kappa shape index (κ3) is 7.98. The number of carbonyl (C=O) groups is 1. The zero-order chi connectivity index (χ0) is 11.7. The van der Waals surface area contributed by atoms with Crippen LogP contribution >= 0.6 is 0 Å². The first-order valence-corrected chi connectivity index (χ1v) is 5.59. The van der Waals surface area contributed by atoms with Gasteiger partial charge >= 0.3 is 5.97 Å². The van der Waals surface area contributed by atoms with Gasteiger partial charge < -0.3 is 4.74 Å². The highest BCUT2D eigenvalue weighted by Gasteiger charge is 1.97. The zero-order valence-corrected chi connectivity index (χ0v) is 10.3. The number of carbonyl (C=O) groups excluding carboxylic acids is 1. The molecule has 0 rings (SSSR count). The van der Waals surface area contributed by atoms with Gasteiger partial charge in [-0.15, -0.1) is 0 Å². The highest BCUT2D eigenvalue weighted by molar-refractivity contribution is 5.82. The van der Waals surface area contributed by atoms with E-state index in [2.05, 4.69) is 19.9 Å². The number of esters is 1. The smallest absolute Gasteiger partial charge is 0.330 e. The van der Waals surface area contributed by atoms with Gasteiger partial charge in [0.25, 0.3) is 0 Å². The van der Waals surface area contributed by atoms with Gasteiger partial charge in [0.2, 0.25) is 0 Å². The Kier molecular flexibility index (Phi) is 7.69. The molecule has 0 amide bonds. The van der Waals surface area contributed by atoms with Crippen molar-refractivity contribution in [2.24, 2.45) is 0 Å². The molecule has 0 aliphatic heterocycles. The summed E-state index contributed by atoms with van der Waals surface area (Å²) in [6, 6.07) is 0. The summed E-state index contributed by atoms with van der Waals surface area (Å²) < 4.78 is 4.83. The largest absolute Gasteiger partial charge is 0.463 e. The standard InChI is InChI=1S/C13H22O2/c1-5-11(3)8-7-9-12(4)10-13(14)15-6-2/h8,10H,5-7,9H2,1-4H3/b11-8+,12-10+. The van der Waals surface area contributed by atoms with Gasteiger partial charge in [-0.05, 0) is 40.0 Å². The average Bonchev–Trinajstić information content (AvgIpc) is 2.17. The minimum atomic E-state index is -0.230. The Hall–Kier alpha value is -1.05. The molecule has 0 spiro atoms. The Labute approximate surface area is 93.0 Å². The van der Waals surface area contributed by atoms with E-state index in [-0.39, 0.29) is 5.97 Å². The van der Waals surface area contributed by atoms with E-state index in [9.17, 15) is 4.79 Å². The molecule has 0 N–H and O–H groups in total. The maximum atomic E-state index is 11.1. The van der Waals surface area contributed by atoms with Crippen molar-refractivity contribution in [2.45, 2.75) is 47.0 Å². The molecular weight excluding hydrogens is 188 g/mol. The predicted molar refractivity (Wildman–Crippen MR) is 63.7 cm³/mol. The summed E-state index contributed by atoms with van der Waals surface area (Å²) in [6.45, 7) is 8.50. The Morgan fingerprint density at radius 2 is 1.87 bits per heavy atom. The lowest BCUT2D eigenvalue weighted by Crippen LogP contribution is -2.00. The first-order chi connectivity index (χ1) is 7.10. The number of ether oxygens (including phenoxy) is 1. The Bertz CT molecular complexity index is 249. The minimum absolute atomic E-state index is 0.230. The van der Waals surface area contributed by atoms with Crippen LogP contribution in [0.1, 0.15) is 47.0 Å². The van der Waals surface area contributed by atoms with Crippen LogP contribution in [-0.2, 0) is 9.53 Å². The van der Waals surface area contributed by atoms with Crippen molar-refractivity contribution in [1.29, 1.82) is 0 Å². The van der Waals surface area contributed by atoms with Crippen molar-refractivity contribution in [3.05, 3.63) is 23.3 Å². The molecule has 0 saturated heterocycles. The molecule has 0 bridgehead atoms. The monoisotopic (exact) mass is 210 g/mol. The number of hydrogen-bond donors (Lipinski definition) is 0. The quantitative estimate of drug-likeness (QED) is 0.380. The molecular formula is C13H22O2. The Balaban J connectivity index is 3.92. The molecule has 0 fully saturated rings.